The average molecular weight is 676 g/mol. The Balaban J connectivity index is 0. The van der Waals surface area contributed by atoms with Gasteiger partial charge >= 0.3 is 0 Å². The molecule has 0 spiro atoms. The van der Waals surface area contributed by atoms with Crippen molar-refractivity contribution in [1.29, 1.82) is 0 Å². The molecule has 2 radical (unpaired) electrons. The molecule has 1 aromatic carbocycles. The maximum Gasteiger partial charge on any atom is 0.0677 e. The predicted octanol–water partition coefficient (Wildman–Crippen LogP) is 3.31. The molecule has 3 unspecified atom stereocenters. The van der Waals surface area contributed by atoms with Crippen LogP contribution in [0.2, 0.25) is 0 Å². The number of rotatable bonds is 1. The molecule has 3 nitrogen and oxygen atoms in total. The van der Waals surface area contributed by atoms with Gasteiger partial charge in [-0.2, -0.15) is 5.92 Å². The number of hydrogen-bond donors (Lipinski definition) is 0. The van der Waals surface area contributed by atoms with E-state index in [1.165, 1.54) is 5.56 Å². The van der Waals surface area contributed by atoms with E-state index in [2.05, 4.69) is 30.4 Å². The zero-order valence-electron chi connectivity index (χ0n) is 14.7. The van der Waals surface area contributed by atoms with Gasteiger partial charge in [0.25, 0.3) is 0 Å². The van der Waals surface area contributed by atoms with Crippen LogP contribution in [0.5, 0.6) is 0 Å². The summed E-state index contributed by atoms with van der Waals surface area (Å²) in [6.45, 7) is 6.08. The fraction of sp³-hybridized carbons (Fsp3) is 0.368. The zero-order chi connectivity index (χ0) is 15.9. The molecule has 1 aromatic rings. The molecule has 130 valence electrons. The number of carbonyl (C=O) groups is 1. The number of hydrogen-bond acceptors (Lipinski definition) is 3. The van der Waals surface area contributed by atoms with Crippen molar-refractivity contribution in [2.75, 3.05) is 4.90 Å². The number of para-hydroxylation sites is 1. The second-order valence-electron chi connectivity index (χ2n) is 5.72. The van der Waals surface area contributed by atoms with Crippen molar-refractivity contribution in [2.45, 2.75) is 33.2 Å². The van der Waals surface area contributed by atoms with Gasteiger partial charge in [0.2, 0.25) is 0 Å². The fourth-order valence-corrected chi connectivity index (χ4v) is 3.70. The third kappa shape index (κ3) is 4.47. The van der Waals surface area contributed by atoms with Crippen molar-refractivity contribution in [3.63, 3.8) is 0 Å². The van der Waals surface area contributed by atoms with Crippen LogP contribution in [0.25, 0.3) is 0 Å². The molecule has 0 N–H and O–H groups in total. The first kappa shape index (κ1) is 25.8. The Kier molecular flexibility index (Phi) is 11.4. The van der Waals surface area contributed by atoms with Gasteiger partial charge in [0.1, 0.15) is 0 Å². The maximum atomic E-state index is 12.5. The van der Waals surface area contributed by atoms with Gasteiger partial charge < -0.3 is 33.2 Å². The molecule has 1 fully saturated rings. The molecule has 3 atom stereocenters. The smallest absolute Gasteiger partial charge is 0.0677 e. The van der Waals surface area contributed by atoms with Crippen molar-refractivity contribution in [2.24, 2.45) is 11.8 Å². The average Bonchev–Trinajstić information content (AvgIpc) is 3.10. The van der Waals surface area contributed by atoms with Gasteiger partial charge in [0.05, 0.1) is 6.29 Å². The Bertz CT molecular complexity index is 671. The Labute approximate surface area is 212 Å². The summed E-state index contributed by atoms with van der Waals surface area (Å²) in [5.74, 6) is 0.00924. The number of Topliss-reactive ketones (excluding diaryl/α,β-unsaturated/α-hetero) is 1. The first-order chi connectivity index (χ1) is 10.7. The Morgan fingerprint density at radius 1 is 1.24 bits per heavy atom. The van der Waals surface area contributed by atoms with Crippen LogP contribution in [-0.2, 0) is 67.3 Å². The maximum absolute atomic E-state index is 12.5. The van der Waals surface area contributed by atoms with E-state index in [4.69, 9.17) is 0 Å². The Hall–Kier alpha value is 0.840. The SMILES string of the molecule is CC.CC1[CH-]C2C(=O)C([C-]=O)=C3Cc4ccccc4N3C2[CH-]1.[3HH].[U].[V].[Y]. The van der Waals surface area contributed by atoms with Crippen LogP contribution in [0.15, 0.2) is 35.5 Å². The van der Waals surface area contributed by atoms with Crippen molar-refractivity contribution >= 4 is 17.8 Å². The summed E-state index contributed by atoms with van der Waals surface area (Å²) in [5, 5.41) is 0. The molecule has 4 rings (SSSR count). The molecule has 0 aromatic heterocycles. The van der Waals surface area contributed by atoms with E-state index >= 15 is 0 Å². The number of anilines is 1. The largest absolute Gasteiger partial charge is 0.426 e. The predicted molar refractivity (Wildman–Crippen MR) is 88.9 cm³/mol. The molecular weight excluding hydrogens is 652 g/mol. The molecule has 0 saturated heterocycles. The molecule has 6 heteroatoms. The van der Waals surface area contributed by atoms with Gasteiger partial charge in [-0.15, -0.1) is 13.0 Å². The van der Waals surface area contributed by atoms with Crippen LogP contribution in [0.1, 0.15) is 27.8 Å². The standard InChI is InChI=1S/C17H14NO2.C2H6.U.V.Y.H2/c1-10-6-12-15(7-10)18-14-5-3-2-4-11(14)8-16(18)13(9-19)17(12)20;1-2;;;;/h2-7,10,12,15H,8H2,1H3;1-2H3;;;;1H/q-3;;;;;/i;;;;;1+2. The normalized spacial score (nSPS) is 25.2. The monoisotopic (exact) mass is 676 g/mol. The Morgan fingerprint density at radius 2 is 1.88 bits per heavy atom. The van der Waals surface area contributed by atoms with E-state index < -0.39 is 0 Å². The molecule has 2 aliphatic heterocycles. The fourth-order valence-electron chi connectivity index (χ4n) is 3.70. The molecule has 1 saturated carbocycles. The van der Waals surface area contributed by atoms with Crippen molar-refractivity contribution in [3.8, 4) is 0 Å². The van der Waals surface area contributed by atoms with Crippen LogP contribution < -0.4 is 4.90 Å². The van der Waals surface area contributed by atoms with Gasteiger partial charge in [0.15, 0.2) is 0 Å². The first-order valence-corrected chi connectivity index (χ1v) is 7.93. The molecule has 3 aliphatic rings. The first-order valence-electron chi connectivity index (χ1n) is 7.93. The van der Waals surface area contributed by atoms with E-state index in [0.29, 0.717) is 6.42 Å². The minimum atomic E-state index is -0.212. The molecule has 0 amide bonds. The summed E-state index contributed by atoms with van der Waals surface area (Å²) in [6.07, 6.45) is 6.79. The topological polar surface area (TPSA) is 37.4 Å². The molecule has 0 bridgehead atoms. The van der Waals surface area contributed by atoms with Gasteiger partial charge in [-0.05, 0) is 18.1 Å². The summed E-state index contributed by atoms with van der Waals surface area (Å²) >= 11 is 0. The van der Waals surface area contributed by atoms with Crippen molar-refractivity contribution in [3.05, 3.63) is 53.9 Å². The summed E-state index contributed by atoms with van der Waals surface area (Å²) in [4.78, 5) is 25.9. The van der Waals surface area contributed by atoms with Crippen molar-refractivity contribution < 1.29 is 93.4 Å². The number of carbonyl (C=O) groups excluding carboxylic acids is 2. The van der Waals surface area contributed by atoms with E-state index in [0.717, 1.165) is 11.4 Å². The second-order valence-corrected chi connectivity index (χ2v) is 5.72. The summed E-state index contributed by atoms with van der Waals surface area (Å²) in [7, 11) is 0. The second kappa shape index (κ2) is 11.0. The molecular formula is C19H22NO2UVY-3. The summed E-state index contributed by atoms with van der Waals surface area (Å²) in [6, 6.07) is 8.17. The van der Waals surface area contributed by atoms with Gasteiger partial charge in [-0.25, -0.2) is 0 Å². The Morgan fingerprint density at radius 3 is 2.52 bits per heavy atom. The van der Waals surface area contributed by atoms with Gasteiger partial charge in [-0.1, -0.05) is 43.3 Å². The van der Waals surface area contributed by atoms with Crippen LogP contribution in [-0.4, -0.2) is 18.1 Å². The molecule has 2 heterocycles. The van der Waals surface area contributed by atoms with Gasteiger partial charge in [-0.3, -0.25) is 0 Å². The van der Waals surface area contributed by atoms with E-state index in [-0.39, 0.29) is 113 Å². The summed E-state index contributed by atoms with van der Waals surface area (Å²) in [5.41, 5.74) is 3.36. The number of fused-ring (bicyclic) bond motifs is 5. The minimum absolute atomic E-state index is 0. The van der Waals surface area contributed by atoms with Crippen LogP contribution in [0.4, 0.5) is 5.69 Å². The quantitative estimate of drug-likeness (QED) is 0.339. The van der Waals surface area contributed by atoms with Gasteiger partial charge in [0, 0.05) is 95.3 Å². The van der Waals surface area contributed by atoms with E-state index in [1.54, 1.807) is 0 Å². The third-order valence-electron chi connectivity index (χ3n) is 4.52. The van der Waals surface area contributed by atoms with Crippen LogP contribution in [0, 0.1) is 55.8 Å². The summed E-state index contributed by atoms with van der Waals surface area (Å²) < 4.78 is 0. The number of benzene rings is 1. The van der Waals surface area contributed by atoms with Crippen LogP contribution >= 0.6 is 0 Å². The zero-order valence-corrected chi connectivity index (χ0v) is 23.1. The minimum Gasteiger partial charge on any atom is -0.426 e. The van der Waals surface area contributed by atoms with E-state index in [9.17, 15) is 9.59 Å². The number of allylic oxidation sites excluding steroid dienone is 2. The third-order valence-corrected chi connectivity index (χ3v) is 4.52. The van der Waals surface area contributed by atoms with Crippen molar-refractivity contribution in [1.82, 2.24) is 0 Å². The van der Waals surface area contributed by atoms with E-state index in [1.807, 2.05) is 38.7 Å². The number of ketones is 1. The molecule has 25 heavy (non-hydrogen) atoms. The van der Waals surface area contributed by atoms with Crippen LogP contribution in [0.3, 0.4) is 0 Å². The number of nitrogens with zero attached hydrogens (tertiary/aromatic N) is 1. The molecule has 1 aliphatic carbocycles.